The summed E-state index contributed by atoms with van der Waals surface area (Å²) in [6.45, 7) is 4.16. The molecule has 1 aromatic heterocycles. The van der Waals surface area contributed by atoms with Crippen molar-refractivity contribution in [2.24, 2.45) is 0 Å². The quantitative estimate of drug-likeness (QED) is 0.770. The van der Waals surface area contributed by atoms with Gasteiger partial charge in [-0.25, -0.2) is 0 Å². The molecule has 0 unspecified atom stereocenters. The van der Waals surface area contributed by atoms with Crippen LogP contribution in [0, 0.1) is 13.8 Å². The van der Waals surface area contributed by atoms with Gasteiger partial charge in [0.25, 0.3) is 0 Å². The standard InChI is InChI=1S/C11H13N2.Cu/c1-7-5-4-6-9-8(2)13-11(12-3)10(7)9;/h4-6,12H,1-3H3;/q-1;+1. The second-order valence-electron chi connectivity index (χ2n) is 3.29. The predicted molar refractivity (Wildman–Crippen MR) is 56.3 cm³/mol. The van der Waals surface area contributed by atoms with Gasteiger partial charge in [-0.05, 0) is 30.2 Å². The second-order valence-corrected chi connectivity index (χ2v) is 3.29. The van der Waals surface area contributed by atoms with E-state index in [0.29, 0.717) is 0 Å². The Morgan fingerprint density at radius 2 is 1.93 bits per heavy atom. The van der Waals surface area contributed by atoms with E-state index in [1.54, 1.807) is 0 Å². The molecular formula is C11H13CuN2. The second kappa shape index (κ2) is 4.07. The average molecular weight is 237 g/mol. The van der Waals surface area contributed by atoms with E-state index < -0.39 is 0 Å². The van der Waals surface area contributed by atoms with Crippen molar-refractivity contribution in [1.82, 2.24) is 4.98 Å². The molecular weight excluding hydrogens is 224 g/mol. The van der Waals surface area contributed by atoms with E-state index in [0.717, 1.165) is 11.5 Å². The number of nitrogens with one attached hydrogen (secondary N) is 1. The summed E-state index contributed by atoms with van der Waals surface area (Å²) in [5, 5.41) is 5.63. The Hall–Kier alpha value is -0.921. The first-order valence-electron chi connectivity index (χ1n) is 4.44. The summed E-state index contributed by atoms with van der Waals surface area (Å²) in [5.74, 6) is 0.991. The van der Waals surface area contributed by atoms with E-state index in [-0.39, 0.29) is 17.1 Å². The fraction of sp³-hybridized carbons (Fsp3) is 0.273. The number of hydrogen-bond acceptors (Lipinski definition) is 1. The Bertz CT molecular complexity index is 446. The Labute approximate surface area is 94.6 Å². The van der Waals surface area contributed by atoms with Gasteiger partial charge in [0.2, 0.25) is 0 Å². The van der Waals surface area contributed by atoms with Gasteiger partial charge in [0, 0.05) is 0 Å². The molecule has 0 saturated heterocycles. The Morgan fingerprint density at radius 1 is 1.21 bits per heavy atom. The molecule has 2 nitrogen and oxygen atoms in total. The third-order valence-electron chi connectivity index (χ3n) is 2.42. The number of hydrogen-bond donors (Lipinski definition) is 1. The maximum absolute atomic E-state index is 4.46. The SMILES string of the molecule is CNc1[n-]c(C)c2cccc(C)c12.[Cu+]. The van der Waals surface area contributed by atoms with Crippen molar-refractivity contribution in [2.45, 2.75) is 13.8 Å². The van der Waals surface area contributed by atoms with E-state index in [2.05, 4.69) is 35.4 Å². The van der Waals surface area contributed by atoms with Gasteiger partial charge in [0.15, 0.2) is 0 Å². The summed E-state index contributed by atoms with van der Waals surface area (Å²) in [5.41, 5.74) is 2.38. The smallest absolute Gasteiger partial charge is 0.484 e. The molecule has 3 heteroatoms. The Morgan fingerprint density at radius 3 is 2.57 bits per heavy atom. The molecule has 0 saturated carbocycles. The molecule has 0 aliphatic carbocycles. The predicted octanol–water partition coefficient (Wildman–Crippen LogP) is 2.45. The van der Waals surface area contributed by atoms with E-state index in [4.69, 9.17) is 0 Å². The van der Waals surface area contributed by atoms with Crippen molar-refractivity contribution in [3.05, 3.63) is 29.5 Å². The molecule has 1 heterocycles. The van der Waals surface area contributed by atoms with Gasteiger partial charge in [-0.2, -0.15) is 0 Å². The first kappa shape index (κ1) is 11.2. The largest absolute Gasteiger partial charge is 1.00 e. The van der Waals surface area contributed by atoms with Gasteiger partial charge in [0.1, 0.15) is 0 Å². The van der Waals surface area contributed by atoms with Crippen molar-refractivity contribution in [3.63, 3.8) is 0 Å². The van der Waals surface area contributed by atoms with E-state index in [9.17, 15) is 0 Å². The summed E-state index contributed by atoms with van der Waals surface area (Å²) < 4.78 is 0. The molecule has 0 atom stereocenters. The number of aromatic nitrogens is 1. The average Bonchev–Trinajstić information content (AvgIpc) is 2.45. The van der Waals surface area contributed by atoms with Crippen LogP contribution in [0.5, 0.6) is 0 Å². The Balaban J connectivity index is 0.000000980. The first-order valence-corrected chi connectivity index (χ1v) is 4.44. The first-order chi connectivity index (χ1) is 6.24. The van der Waals surface area contributed by atoms with E-state index >= 15 is 0 Å². The molecule has 0 aliphatic rings. The fourth-order valence-corrected chi connectivity index (χ4v) is 1.75. The van der Waals surface area contributed by atoms with Gasteiger partial charge in [-0.1, -0.05) is 36.8 Å². The van der Waals surface area contributed by atoms with Crippen LogP contribution in [0.2, 0.25) is 0 Å². The third kappa shape index (κ3) is 1.54. The summed E-state index contributed by atoms with van der Waals surface area (Å²) >= 11 is 0. The van der Waals surface area contributed by atoms with Crippen LogP contribution in [0.3, 0.4) is 0 Å². The summed E-state index contributed by atoms with van der Waals surface area (Å²) in [6.07, 6.45) is 0. The van der Waals surface area contributed by atoms with Crippen LogP contribution in [-0.2, 0) is 17.1 Å². The maximum Gasteiger partial charge on any atom is 1.00 e. The monoisotopic (exact) mass is 236 g/mol. The van der Waals surface area contributed by atoms with Crippen molar-refractivity contribution in [3.8, 4) is 0 Å². The van der Waals surface area contributed by atoms with Crippen molar-refractivity contribution in [1.29, 1.82) is 0 Å². The number of nitrogens with zero attached hydrogens (tertiary/aromatic N) is 1. The summed E-state index contributed by atoms with van der Waals surface area (Å²) in [4.78, 5) is 4.46. The number of anilines is 1. The molecule has 0 bridgehead atoms. The van der Waals surface area contributed by atoms with Gasteiger partial charge >= 0.3 is 17.1 Å². The van der Waals surface area contributed by atoms with Crippen LogP contribution in [0.25, 0.3) is 10.8 Å². The molecule has 1 N–H and O–H groups in total. The molecule has 2 aromatic rings. The maximum atomic E-state index is 4.46. The van der Waals surface area contributed by atoms with Crippen molar-refractivity contribution in [2.75, 3.05) is 12.4 Å². The van der Waals surface area contributed by atoms with Crippen LogP contribution in [0.4, 0.5) is 5.82 Å². The summed E-state index contributed by atoms with van der Waals surface area (Å²) in [7, 11) is 1.91. The Kier molecular flexibility index (Phi) is 3.25. The zero-order chi connectivity index (χ0) is 9.42. The number of fused-ring (bicyclic) bond motifs is 1. The third-order valence-corrected chi connectivity index (χ3v) is 2.42. The van der Waals surface area contributed by atoms with Crippen molar-refractivity contribution < 1.29 is 17.1 Å². The van der Waals surface area contributed by atoms with Gasteiger partial charge in [-0.15, -0.1) is 0 Å². The van der Waals surface area contributed by atoms with Crippen LogP contribution in [-0.4, -0.2) is 7.05 Å². The molecule has 0 aliphatic heterocycles. The van der Waals surface area contributed by atoms with Gasteiger partial charge in [0.05, 0.1) is 0 Å². The summed E-state index contributed by atoms with van der Waals surface area (Å²) in [6, 6.07) is 6.31. The number of aryl methyl sites for hydroxylation is 2. The molecule has 1 aromatic carbocycles. The minimum Gasteiger partial charge on any atom is -0.484 e. The molecule has 78 valence electrons. The van der Waals surface area contributed by atoms with Gasteiger partial charge < -0.3 is 10.3 Å². The minimum absolute atomic E-state index is 0. The normalized spacial score (nSPS) is 9.93. The topological polar surface area (TPSA) is 26.1 Å². The van der Waals surface area contributed by atoms with Crippen LogP contribution < -0.4 is 10.3 Å². The molecule has 14 heavy (non-hydrogen) atoms. The fourth-order valence-electron chi connectivity index (χ4n) is 1.75. The van der Waals surface area contributed by atoms with E-state index in [1.807, 2.05) is 14.0 Å². The van der Waals surface area contributed by atoms with Crippen LogP contribution in [0.1, 0.15) is 11.3 Å². The minimum atomic E-state index is 0. The van der Waals surface area contributed by atoms with Gasteiger partial charge in [-0.3, -0.25) is 0 Å². The zero-order valence-corrected chi connectivity index (χ0v) is 9.42. The molecule has 0 amide bonds. The van der Waals surface area contributed by atoms with Crippen LogP contribution >= 0.6 is 0 Å². The molecule has 0 spiro atoms. The van der Waals surface area contributed by atoms with Crippen molar-refractivity contribution >= 4 is 16.6 Å². The molecule has 2 rings (SSSR count). The number of benzene rings is 1. The number of rotatable bonds is 1. The molecule has 0 radical (unpaired) electrons. The van der Waals surface area contributed by atoms with E-state index in [1.165, 1.54) is 16.3 Å². The zero-order valence-electron chi connectivity index (χ0n) is 8.48. The van der Waals surface area contributed by atoms with Crippen LogP contribution in [0.15, 0.2) is 18.2 Å². The molecule has 0 fully saturated rings.